The molecule has 1 aliphatic heterocycles. The van der Waals surface area contributed by atoms with Crippen molar-refractivity contribution in [2.75, 3.05) is 32.2 Å². The Kier molecular flexibility index (Phi) is 4.01. The first-order valence-corrected chi connectivity index (χ1v) is 7.55. The average molecular weight is 276 g/mol. The lowest BCUT2D eigenvalue weighted by Crippen LogP contribution is -2.59. The number of ether oxygens (including phenoxy) is 2. The van der Waals surface area contributed by atoms with Gasteiger partial charge in [-0.05, 0) is 25.0 Å². The highest BCUT2D eigenvalue weighted by Crippen LogP contribution is 2.37. The van der Waals surface area contributed by atoms with Crippen LogP contribution in [0.2, 0.25) is 0 Å². The predicted molar refractivity (Wildman–Crippen MR) is 80.9 cm³/mol. The van der Waals surface area contributed by atoms with Crippen molar-refractivity contribution in [3.8, 4) is 11.5 Å². The molecular formula is C16H24N2O2. The Bertz CT molecular complexity index is 462. The number of fused-ring (bicyclic) bond motifs is 1. The summed E-state index contributed by atoms with van der Waals surface area (Å²) in [5, 5.41) is 3.67. The first-order chi connectivity index (χ1) is 9.83. The number of anilines is 1. The van der Waals surface area contributed by atoms with Crippen LogP contribution in [-0.2, 0) is 0 Å². The fraction of sp³-hybridized carbons (Fsp3) is 0.625. The van der Waals surface area contributed by atoms with Crippen molar-refractivity contribution in [1.82, 2.24) is 5.32 Å². The van der Waals surface area contributed by atoms with Crippen LogP contribution in [0, 0.1) is 0 Å². The molecule has 2 atom stereocenters. The molecule has 1 aliphatic carbocycles. The van der Waals surface area contributed by atoms with Crippen LogP contribution in [0.25, 0.3) is 0 Å². The highest BCUT2D eigenvalue weighted by molar-refractivity contribution is 5.62. The van der Waals surface area contributed by atoms with E-state index in [2.05, 4.69) is 16.3 Å². The molecular weight excluding hydrogens is 252 g/mol. The molecule has 1 aromatic carbocycles. The van der Waals surface area contributed by atoms with E-state index in [1.807, 2.05) is 12.1 Å². The van der Waals surface area contributed by atoms with Gasteiger partial charge in [-0.3, -0.25) is 0 Å². The Balaban J connectivity index is 1.90. The Labute approximate surface area is 121 Å². The summed E-state index contributed by atoms with van der Waals surface area (Å²) in [7, 11) is 3.43. The zero-order chi connectivity index (χ0) is 13.9. The molecule has 4 nitrogen and oxygen atoms in total. The van der Waals surface area contributed by atoms with Crippen LogP contribution in [0.1, 0.15) is 25.7 Å². The first kappa shape index (κ1) is 13.6. The largest absolute Gasteiger partial charge is 0.497 e. The summed E-state index contributed by atoms with van der Waals surface area (Å²) < 4.78 is 10.9. The number of nitrogens with zero attached hydrogens (tertiary/aromatic N) is 1. The highest BCUT2D eigenvalue weighted by atomic mass is 16.5. The maximum absolute atomic E-state index is 5.58. The van der Waals surface area contributed by atoms with Gasteiger partial charge >= 0.3 is 0 Å². The lowest BCUT2D eigenvalue weighted by molar-refractivity contribution is 0.282. The summed E-state index contributed by atoms with van der Waals surface area (Å²) in [4.78, 5) is 2.53. The maximum atomic E-state index is 5.58. The molecule has 0 amide bonds. The second kappa shape index (κ2) is 5.92. The normalized spacial score (nSPS) is 26.0. The predicted octanol–water partition coefficient (Wildman–Crippen LogP) is 2.42. The second-order valence-electron chi connectivity index (χ2n) is 5.64. The lowest BCUT2D eigenvalue weighted by Gasteiger charge is -2.46. The number of rotatable bonds is 3. The fourth-order valence-electron chi connectivity index (χ4n) is 3.58. The molecule has 3 rings (SSSR count). The molecule has 1 saturated heterocycles. The lowest BCUT2D eigenvalue weighted by atomic mass is 9.87. The van der Waals surface area contributed by atoms with Gasteiger partial charge in [-0.1, -0.05) is 12.8 Å². The molecule has 110 valence electrons. The zero-order valence-corrected chi connectivity index (χ0v) is 12.4. The Morgan fingerprint density at radius 1 is 1.15 bits per heavy atom. The third-order valence-electron chi connectivity index (χ3n) is 4.59. The van der Waals surface area contributed by atoms with Gasteiger partial charge in [0.15, 0.2) is 0 Å². The Morgan fingerprint density at radius 3 is 2.80 bits per heavy atom. The van der Waals surface area contributed by atoms with Crippen molar-refractivity contribution in [3.63, 3.8) is 0 Å². The van der Waals surface area contributed by atoms with E-state index >= 15 is 0 Å². The van der Waals surface area contributed by atoms with Crippen LogP contribution >= 0.6 is 0 Å². The SMILES string of the molecule is COc1ccc(N2CCN[C@H]3CCCC[C@@H]32)c(OC)c1. The van der Waals surface area contributed by atoms with Crippen LogP contribution in [0.4, 0.5) is 5.69 Å². The fourth-order valence-corrected chi connectivity index (χ4v) is 3.58. The minimum atomic E-state index is 0.597. The van der Waals surface area contributed by atoms with Gasteiger partial charge in [0.1, 0.15) is 11.5 Å². The monoisotopic (exact) mass is 276 g/mol. The number of methoxy groups -OCH3 is 2. The van der Waals surface area contributed by atoms with E-state index in [0.29, 0.717) is 12.1 Å². The van der Waals surface area contributed by atoms with Crippen LogP contribution in [0.15, 0.2) is 18.2 Å². The highest BCUT2D eigenvalue weighted by Gasteiger charge is 2.34. The van der Waals surface area contributed by atoms with Gasteiger partial charge in [0.2, 0.25) is 0 Å². The summed E-state index contributed by atoms with van der Waals surface area (Å²) in [5.74, 6) is 1.76. The zero-order valence-electron chi connectivity index (χ0n) is 12.4. The summed E-state index contributed by atoms with van der Waals surface area (Å²) in [6.07, 6.45) is 5.24. The molecule has 1 saturated carbocycles. The van der Waals surface area contributed by atoms with Crippen molar-refractivity contribution in [1.29, 1.82) is 0 Å². The molecule has 4 heteroatoms. The molecule has 2 aliphatic rings. The molecule has 0 radical (unpaired) electrons. The molecule has 1 heterocycles. The van der Waals surface area contributed by atoms with Crippen LogP contribution in [-0.4, -0.2) is 39.4 Å². The number of benzene rings is 1. The van der Waals surface area contributed by atoms with Gasteiger partial charge in [0.25, 0.3) is 0 Å². The topological polar surface area (TPSA) is 33.7 Å². The van der Waals surface area contributed by atoms with E-state index in [-0.39, 0.29) is 0 Å². The molecule has 0 unspecified atom stereocenters. The molecule has 2 fully saturated rings. The third kappa shape index (κ3) is 2.44. The summed E-state index contributed by atoms with van der Waals surface area (Å²) in [6, 6.07) is 7.37. The number of nitrogens with one attached hydrogen (secondary N) is 1. The quantitative estimate of drug-likeness (QED) is 0.919. The van der Waals surface area contributed by atoms with E-state index in [1.54, 1.807) is 14.2 Å². The van der Waals surface area contributed by atoms with Crippen molar-refractivity contribution >= 4 is 5.69 Å². The number of hydrogen-bond acceptors (Lipinski definition) is 4. The van der Waals surface area contributed by atoms with Crippen molar-refractivity contribution < 1.29 is 9.47 Å². The van der Waals surface area contributed by atoms with Gasteiger partial charge in [-0.25, -0.2) is 0 Å². The average Bonchev–Trinajstić information content (AvgIpc) is 2.53. The van der Waals surface area contributed by atoms with E-state index in [1.165, 1.54) is 31.4 Å². The second-order valence-corrected chi connectivity index (χ2v) is 5.64. The Morgan fingerprint density at radius 2 is 2.00 bits per heavy atom. The maximum Gasteiger partial charge on any atom is 0.145 e. The molecule has 1 aromatic rings. The van der Waals surface area contributed by atoms with Gasteiger partial charge in [0, 0.05) is 31.2 Å². The molecule has 1 N–H and O–H groups in total. The summed E-state index contributed by atoms with van der Waals surface area (Å²) >= 11 is 0. The number of hydrogen-bond donors (Lipinski definition) is 1. The van der Waals surface area contributed by atoms with Crippen molar-refractivity contribution in [3.05, 3.63) is 18.2 Å². The van der Waals surface area contributed by atoms with Gasteiger partial charge in [-0.15, -0.1) is 0 Å². The minimum Gasteiger partial charge on any atom is -0.497 e. The van der Waals surface area contributed by atoms with Crippen LogP contribution in [0.3, 0.4) is 0 Å². The smallest absolute Gasteiger partial charge is 0.145 e. The van der Waals surface area contributed by atoms with Crippen molar-refractivity contribution in [2.24, 2.45) is 0 Å². The molecule has 0 bridgehead atoms. The van der Waals surface area contributed by atoms with Gasteiger partial charge in [-0.2, -0.15) is 0 Å². The molecule has 20 heavy (non-hydrogen) atoms. The Hall–Kier alpha value is -1.42. The summed E-state index contributed by atoms with van der Waals surface area (Å²) in [6.45, 7) is 2.10. The van der Waals surface area contributed by atoms with E-state index in [4.69, 9.17) is 9.47 Å². The van der Waals surface area contributed by atoms with Crippen LogP contribution < -0.4 is 19.7 Å². The van der Waals surface area contributed by atoms with E-state index < -0.39 is 0 Å². The molecule has 0 spiro atoms. The van der Waals surface area contributed by atoms with Gasteiger partial charge < -0.3 is 19.7 Å². The number of piperazine rings is 1. The third-order valence-corrected chi connectivity index (χ3v) is 4.59. The van der Waals surface area contributed by atoms with E-state index in [9.17, 15) is 0 Å². The van der Waals surface area contributed by atoms with E-state index in [0.717, 1.165) is 24.6 Å². The van der Waals surface area contributed by atoms with Crippen molar-refractivity contribution in [2.45, 2.75) is 37.8 Å². The minimum absolute atomic E-state index is 0.597. The van der Waals surface area contributed by atoms with Crippen LogP contribution in [0.5, 0.6) is 11.5 Å². The molecule has 0 aromatic heterocycles. The first-order valence-electron chi connectivity index (χ1n) is 7.55. The standard InChI is InChI=1S/C16H24N2O2/c1-19-12-7-8-15(16(11-12)20-2)18-10-9-17-13-5-3-4-6-14(13)18/h7-8,11,13-14,17H,3-6,9-10H2,1-2H3/t13-,14-/m0/s1. The summed E-state index contributed by atoms with van der Waals surface area (Å²) in [5.41, 5.74) is 1.20. The van der Waals surface area contributed by atoms with Gasteiger partial charge in [0.05, 0.1) is 19.9 Å².